The fraction of sp³-hybridized carbons (Fsp3) is 0.533. The Hall–Kier alpha value is -2.35. The minimum absolute atomic E-state index is 0.246. The third-order valence-electron chi connectivity index (χ3n) is 4.33. The van der Waals surface area contributed by atoms with E-state index in [4.69, 9.17) is 13.7 Å². The van der Waals surface area contributed by atoms with Crippen molar-refractivity contribution in [3.05, 3.63) is 24.3 Å². The third-order valence-corrected chi connectivity index (χ3v) is 4.33. The van der Waals surface area contributed by atoms with Crippen molar-refractivity contribution in [1.82, 2.24) is 19.9 Å². The van der Waals surface area contributed by atoms with Crippen LogP contribution in [-0.2, 0) is 11.3 Å². The molecular weight excluding hydrogens is 300 g/mol. The van der Waals surface area contributed by atoms with E-state index in [1.807, 2.05) is 0 Å². The number of carbonyl (C=O) groups is 1. The zero-order valence-electron chi connectivity index (χ0n) is 12.9. The molecule has 4 heterocycles. The fourth-order valence-electron chi connectivity index (χ4n) is 3.35. The lowest BCUT2D eigenvalue weighted by atomic mass is 9.93. The number of furan rings is 1. The molecule has 2 saturated heterocycles. The summed E-state index contributed by atoms with van der Waals surface area (Å²) < 4.78 is 16.2. The predicted molar refractivity (Wildman–Crippen MR) is 78.4 cm³/mol. The summed E-state index contributed by atoms with van der Waals surface area (Å²) in [6.07, 6.45) is 3.19. The maximum absolute atomic E-state index is 11.7. The molecule has 0 saturated carbocycles. The van der Waals surface area contributed by atoms with Crippen LogP contribution in [0.4, 0.5) is 4.79 Å². The van der Waals surface area contributed by atoms with Crippen molar-refractivity contribution >= 4 is 6.09 Å². The van der Waals surface area contributed by atoms with Gasteiger partial charge in [0.05, 0.1) is 19.4 Å². The molecule has 0 unspecified atom stereocenters. The molecule has 2 aromatic rings. The maximum Gasteiger partial charge on any atom is 0.410 e. The Kier molecular flexibility index (Phi) is 3.33. The number of hydrogen-bond acceptors (Lipinski definition) is 7. The first-order valence-electron chi connectivity index (χ1n) is 7.67. The number of likely N-dealkylation sites (tertiary alicyclic amines) is 1. The van der Waals surface area contributed by atoms with Crippen LogP contribution in [0.15, 0.2) is 27.3 Å². The largest absolute Gasteiger partial charge is 0.461 e. The van der Waals surface area contributed by atoms with Gasteiger partial charge in [-0.25, -0.2) is 4.79 Å². The number of nitrogens with zero attached hydrogens (tertiary/aromatic N) is 4. The zero-order valence-corrected chi connectivity index (χ0v) is 12.9. The van der Waals surface area contributed by atoms with Crippen LogP contribution in [0.3, 0.4) is 0 Å². The molecule has 8 heteroatoms. The number of piperidine rings is 1. The second-order valence-electron chi connectivity index (χ2n) is 6.21. The van der Waals surface area contributed by atoms with Gasteiger partial charge >= 0.3 is 6.09 Å². The first-order chi connectivity index (χ1) is 11.1. The Morgan fingerprint density at radius 1 is 1.39 bits per heavy atom. The molecule has 0 bridgehead atoms. The molecule has 1 spiro atoms. The van der Waals surface area contributed by atoms with Crippen LogP contribution in [0.1, 0.15) is 18.7 Å². The van der Waals surface area contributed by atoms with Crippen molar-refractivity contribution in [2.75, 3.05) is 26.7 Å². The Bertz CT molecular complexity index is 698. The molecule has 4 rings (SSSR count). The molecule has 1 amide bonds. The van der Waals surface area contributed by atoms with E-state index in [1.165, 1.54) is 0 Å². The average Bonchev–Trinajstić information content (AvgIpc) is 3.21. The summed E-state index contributed by atoms with van der Waals surface area (Å²) in [7, 11) is 1.77. The summed E-state index contributed by atoms with van der Waals surface area (Å²) in [4.78, 5) is 19.9. The van der Waals surface area contributed by atoms with Crippen LogP contribution in [0.25, 0.3) is 11.6 Å². The lowest BCUT2D eigenvalue weighted by molar-refractivity contribution is -0.0139. The lowest BCUT2D eigenvalue weighted by Gasteiger charge is -2.37. The minimum Gasteiger partial charge on any atom is -0.461 e. The highest BCUT2D eigenvalue weighted by molar-refractivity contribution is 5.70. The van der Waals surface area contributed by atoms with Crippen molar-refractivity contribution < 1.29 is 18.5 Å². The number of carbonyl (C=O) groups excluding carboxylic acids is 1. The zero-order chi connectivity index (χ0) is 15.9. The summed E-state index contributed by atoms with van der Waals surface area (Å²) >= 11 is 0. The third kappa shape index (κ3) is 2.70. The molecule has 0 radical (unpaired) electrons. The molecule has 2 aromatic heterocycles. The summed E-state index contributed by atoms with van der Waals surface area (Å²) in [6.45, 7) is 2.77. The standard InChI is InChI=1S/C15H18N4O4/c1-18-9-15(22-14(18)20)5-3-6-19(10-15)8-12-16-13(17-23-12)11-4-2-7-21-11/h2,4,7H,3,5-6,8-10H2,1H3/t15-/m0/s1. The lowest BCUT2D eigenvalue weighted by Crippen LogP contribution is -2.50. The first-order valence-corrected chi connectivity index (χ1v) is 7.67. The molecule has 122 valence electrons. The van der Waals surface area contributed by atoms with Crippen LogP contribution >= 0.6 is 0 Å². The SMILES string of the molecule is CN1C[C@]2(CCCN(Cc3nc(-c4ccco4)no3)C2)OC1=O. The molecule has 2 aliphatic heterocycles. The Labute approximate surface area is 133 Å². The Morgan fingerprint density at radius 2 is 2.30 bits per heavy atom. The second-order valence-corrected chi connectivity index (χ2v) is 6.21. The van der Waals surface area contributed by atoms with Gasteiger partial charge in [0, 0.05) is 13.6 Å². The number of aromatic nitrogens is 2. The van der Waals surface area contributed by atoms with Gasteiger partial charge in [-0.15, -0.1) is 0 Å². The monoisotopic (exact) mass is 318 g/mol. The predicted octanol–water partition coefficient (Wildman–Crippen LogP) is 1.75. The van der Waals surface area contributed by atoms with Gasteiger partial charge in [0.25, 0.3) is 0 Å². The Morgan fingerprint density at radius 3 is 3.04 bits per heavy atom. The van der Waals surface area contributed by atoms with Gasteiger partial charge in [0.15, 0.2) is 5.76 Å². The number of likely N-dealkylation sites (N-methyl/N-ethyl adjacent to an activating group) is 1. The second kappa shape index (κ2) is 5.38. The van der Waals surface area contributed by atoms with Gasteiger partial charge < -0.3 is 18.6 Å². The van der Waals surface area contributed by atoms with Crippen molar-refractivity contribution in [2.45, 2.75) is 25.0 Å². The van der Waals surface area contributed by atoms with Crippen molar-refractivity contribution in [3.8, 4) is 11.6 Å². The summed E-state index contributed by atoms with van der Waals surface area (Å²) in [5.74, 6) is 1.57. The van der Waals surface area contributed by atoms with E-state index in [-0.39, 0.29) is 6.09 Å². The van der Waals surface area contributed by atoms with Crippen molar-refractivity contribution in [2.24, 2.45) is 0 Å². The van der Waals surface area contributed by atoms with E-state index >= 15 is 0 Å². The van der Waals surface area contributed by atoms with Crippen LogP contribution in [0, 0.1) is 0 Å². The van der Waals surface area contributed by atoms with Gasteiger partial charge in [-0.3, -0.25) is 4.90 Å². The average molecular weight is 318 g/mol. The van der Waals surface area contributed by atoms with E-state index in [1.54, 1.807) is 30.3 Å². The fourth-order valence-corrected chi connectivity index (χ4v) is 3.35. The molecule has 8 nitrogen and oxygen atoms in total. The van der Waals surface area contributed by atoms with E-state index < -0.39 is 5.60 Å². The normalized spacial score (nSPS) is 25.3. The molecule has 2 fully saturated rings. The van der Waals surface area contributed by atoms with Gasteiger partial charge in [-0.1, -0.05) is 5.16 Å². The minimum atomic E-state index is -0.409. The van der Waals surface area contributed by atoms with Gasteiger partial charge in [0.1, 0.15) is 5.60 Å². The van der Waals surface area contributed by atoms with Gasteiger partial charge in [-0.2, -0.15) is 4.98 Å². The van der Waals surface area contributed by atoms with Gasteiger partial charge in [0.2, 0.25) is 11.7 Å². The molecule has 0 aliphatic carbocycles. The van der Waals surface area contributed by atoms with E-state index in [0.29, 0.717) is 37.1 Å². The maximum atomic E-state index is 11.7. The van der Waals surface area contributed by atoms with Crippen LogP contribution in [-0.4, -0.2) is 58.3 Å². The number of hydrogen-bond donors (Lipinski definition) is 0. The number of ether oxygens (including phenoxy) is 1. The number of amides is 1. The molecule has 0 aromatic carbocycles. The van der Waals surface area contributed by atoms with E-state index in [0.717, 1.165) is 19.4 Å². The molecular formula is C15H18N4O4. The molecule has 0 N–H and O–H groups in total. The Balaban J connectivity index is 1.44. The van der Waals surface area contributed by atoms with Crippen LogP contribution < -0.4 is 0 Å². The highest BCUT2D eigenvalue weighted by Crippen LogP contribution is 2.32. The molecule has 23 heavy (non-hydrogen) atoms. The molecule has 1 atom stereocenters. The number of rotatable bonds is 3. The van der Waals surface area contributed by atoms with E-state index in [2.05, 4.69) is 15.0 Å². The van der Waals surface area contributed by atoms with Crippen molar-refractivity contribution in [3.63, 3.8) is 0 Å². The summed E-state index contributed by atoms with van der Waals surface area (Å²) in [6, 6.07) is 3.57. The molecule has 2 aliphatic rings. The highest BCUT2D eigenvalue weighted by Gasteiger charge is 2.46. The first kappa shape index (κ1) is 14.3. The summed E-state index contributed by atoms with van der Waals surface area (Å²) in [5.41, 5.74) is -0.409. The van der Waals surface area contributed by atoms with Crippen LogP contribution in [0.5, 0.6) is 0 Å². The summed E-state index contributed by atoms with van der Waals surface area (Å²) in [5, 5.41) is 3.94. The van der Waals surface area contributed by atoms with Crippen molar-refractivity contribution in [1.29, 1.82) is 0 Å². The quantitative estimate of drug-likeness (QED) is 0.852. The van der Waals surface area contributed by atoms with Gasteiger partial charge in [-0.05, 0) is 31.5 Å². The topological polar surface area (TPSA) is 84.8 Å². The van der Waals surface area contributed by atoms with E-state index in [9.17, 15) is 4.79 Å². The van der Waals surface area contributed by atoms with Crippen LogP contribution in [0.2, 0.25) is 0 Å². The smallest absolute Gasteiger partial charge is 0.410 e. The highest BCUT2D eigenvalue weighted by atomic mass is 16.6.